The van der Waals surface area contributed by atoms with Crippen LogP contribution in [0.25, 0.3) is 11.1 Å². The minimum absolute atomic E-state index is 0.0124. The van der Waals surface area contributed by atoms with E-state index in [9.17, 15) is 14.7 Å². The van der Waals surface area contributed by atoms with E-state index in [1.54, 1.807) is 11.9 Å². The Kier molecular flexibility index (Phi) is 5.77. The first-order valence-corrected chi connectivity index (χ1v) is 10.6. The Bertz CT molecular complexity index is 891. The molecule has 2 fully saturated rings. The van der Waals surface area contributed by atoms with E-state index < -0.39 is 11.6 Å². The van der Waals surface area contributed by atoms with Gasteiger partial charge in [-0.2, -0.15) is 0 Å². The van der Waals surface area contributed by atoms with E-state index >= 15 is 0 Å². The molecule has 1 heterocycles. The number of nitrogens with zero attached hydrogens (tertiary/aromatic N) is 2. The van der Waals surface area contributed by atoms with E-state index in [1.807, 2.05) is 54.6 Å². The topological polar surface area (TPSA) is 70.1 Å². The zero-order chi connectivity index (χ0) is 21.1. The van der Waals surface area contributed by atoms with Gasteiger partial charge >= 0.3 is 6.03 Å². The molecular formula is C24H28N2O4. The number of imide groups is 1. The number of ether oxygens (including phenoxy) is 1. The average molecular weight is 408 g/mol. The molecule has 1 spiro atoms. The van der Waals surface area contributed by atoms with Gasteiger partial charge in [0.15, 0.2) is 0 Å². The smallest absolute Gasteiger partial charge is 0.327 e. The highest BCUT2D eigenvalue weighted by molar-refractivity contribution is 6.07. The number of hydrogen-bond acceptors (Lipinski definition) is 4. The number of urea groups is 1. The molecule has 2 aromatic rings. The number of aliphatic hydroxyl groups excluding tert-OH is 1. The number of hydrogen-bond donors (Lipinski definition) is 1. The van der Waals surface area contributed by atoms with Crippen LogP contribution in [0.4, 0.5) is 4.79 Å². The van der Waals surface area contributed by atoms with Crippen molar-refractivity contribution in [2.75, 3.05) is 20.2 Å². The molecule has 30 heavy (non-hydrogen) atoms. The molecule has 2 aromatic carbocycles. The zero-order valence-corrected chi connectivity index (χ0v) is 17.3. The van der Waals surface area contributed by atoms with E-state index in [4.69, 9.17) is 4.74 Å². The van der Waals surface area contributed by atoms with Gasteiger partial charge in [0, 0.05) is 7.05 Å². The third-order valence-electron chi connectivity index (χ3n) is 6.28. The van der Waals surface area contributed by atoms with Crippen LogP contribution in [0.3, 0.4) is 0 Å². The van der Waals surface area contributed by atoms with Crippen LogP contribution in [0.2, 0.25) is 0 Å². The molecule has 0 radical (unpaired) electrons. The maximum atomic E-state index is 13.0. The van der Waals surface area contributed by atoms with Crippen LogP contribution in [0.5, 0.6) is 5.75 Å². The Morgan fingerprint density at radius 3 is 2.27 bits per heavy atom. The van der Waals surface area contributed by atoms with Gasteiger partial charge in [0.2, 0.25) is 0 Å². The van der Waals surface area contributed by atoms with E-state index in [2.05, 4.69) is 0 Å². The van der Waals surface area contributed by atoms with Crippen molar-refractivity contribution >= 4 is 11.9 Å². The van der Waals surface area contributed by atoms with Crippen molar-refractivity contribution < 1.29 is 19.4 Å². The highest BCUT2D eigenvalue weighted by atomic mass is 16.5. The molecule has 1 N–H and O–H groups in total. The molecule has 0 aromatic heterocycles. The molecule has 1 atom stereocenters. The van der Waals surface area contributed by atoms with Gasteiger partial charge in [-0.1, -0.05) is 61.7 Å². The van der Waals surface area contributed by atoms with Gasteiger partial charge in [-0.05, 0) is 36.1 Å². The van der Waals surface area contributed by atoms with Crippen molar-refractivity contribution in [1.29, 1.82) is 0 Å². The van der Waals surface area contributed by atoms with E-state index in [-0.39, 0.29) is 25.1 Å². The van der Waals surface area contributed by atoms with Crippen LogP contribution in [-0.2, 0) is 4.79 Å². The predicted octanol–water partition coefficient (Wildman–Crippen LogP) is 3.69. The highest BCUT2D eigenvalue weighted by Gasteiger charge is 2.55. The lowest BCUT2D eigenvalue weighted by Gasteiger charge is -2.35. The highest BCUT2D eigenvalue weighted by Crippen LogP contribution is 2.39. The summed E-state index contributed by atoms with van der Waals surface area (Å²) in [6, 6.07) is 17.4. The standard InChI is InChI=1S/C24H28N2O4/c1-25-23(29)26(22(28)24(25)14-6-3-7-15-24)16-20(27)17-30-21-12-10-19(11-13-21)18-8-4-2-5-9-18/h2,4-5,8-13,20,27H,3,6-7,14-17H2,1H3/t20-/m1/s1. The van der Waals surface area contributed by atoms with Crippen molar-refractivity contribution in [1.82, 2.24) is 9.80 Å². The third-order valence-corrected chi connectivity index (χ3v) is 6.28. The summed E-state index contributed by atoms with van der Waals surface area (Å²) in [5.41, 5.74) is 1.48. The van der Waals surface area contributed by atoms with E-state index in [0.29, 0.717) is 18.6 Å². The summed E-state index contributed by atoms with van der Waals surface area (Å²) in [7, 11) is 1.70. The lowest BCUT2D eigenvalue weighted by Crippen LogP contribution is -2.49. The van der Waals surface area contributed by atoms with Crippen LogP contribution in [-0.4, -0.2) is 58.7 Å². The molecule has 1 aliphatic heterocycles. The summed E-state index contributed by atoms with van der Waals surface area (Å²) in [4.78, 5) is 28.4. The van der Waals surface area contributed by atoms with Gasteiger partial charge in [-0.15, -0.1) is 0 Å². The molecule has 3 amide bonds. The molecule has 1 saturated carbocycles. The lowest BCUT2D eigenvalue weighted by atomic mass is 9.81. The maximum absolute atomic E-state index is 13.0. The third kappa shape index (κ3) is 3.79. The fourth-order valence-corrected chi connectivity index (χ4v) is 4.52. The zero-order valence-electron chi connectivity index (χ0n) is 17.3. The quantitative estimate of drug-likeness (QED) is 0.740. The van der Waals surface area contributed by atoms with E-state index in [0.717, 1.165) is 30.4 Å². The fraction of sp³-hybridized carbons (Fsp3) is 0.417. The maximum Gasteiger partial charge on any atom is 0.327 e. The predicted molar refractivity (Wildman–Crippen MR) is 114 cm³/mol. The molecule has 2 aliphatic rings. The summed E-state index contributed by atoms with van der Waals surface area (Å²) in [5.74, 6) is 0.453. The Morgan fingerprint density at radius 2 is 1.60 bits per heavy atom. The molecule has 1 saturated heterocycles. The van der Waals surface area contributed by atoms with Gasteiger partial charge in [0.25, 0.3) is 5.91 Å². The van der Waals surface area contributed by atoms with Crippen molar-refractivity contribution in [3.8, 4) is 16.9 Å². The fourth-order valence-electron chi connectivity index (χ4n) is 4.52. The number of aliphatic hydroxyl groups is 1. The monoisotopic (exact) mass is 408 g/mol. The number of amides is 3. The number of rotatable bonds is 6. The summed E-state index contributed by atoms with van der Waals surface area (Å²) in [6.45, 7) is -0.0374. The van der Waals surface area contributed by atoms with Gasteiger partial charge < -0.3 is 14.7 Å². The summed E-state index contributed by atoms with van der Waals surface area (Å²) >= 11 is 0. The molecular weight excluding hydrogens is 380 g/mol. The largest absolute Gasteiger partial charge is 0.491 e. The second-order valence-electron chi connectivity index (χ2n) is 8.20. The van der Waals surface area contributed by atoms with Gasteiger partial charge in [0.05, 0.1) is 6.54 Å². The number of carbonyl (C=O) groups is 2. The first-order chi connectivity index (χ1) is 14.5. The van der Waals surface area contributed by atoms with Crippen LogP contribution in [0.15, 0.2) is 54.6 Å². The molecule has 0 bridgehead atoms. The van der Waals surface area contributed by atoms with Crippen LogP contribution >= 0.6 is 0 Å². The Hall–Kier alpha value is -2.86. The minimum Gasteiger partial charge on any atom is -0.491 e. The minimum atomic E-state index is -0.946. The molecule has 158 valence electrons. The summed E-state index contributed by atoms with van der Waals surface area (Å²) < 4.78 is 5.69. The van der Waals surface area contributed by atoms with Crippen LogP contribution < -0.4 is 4.74 Å². The Balaban J connectivity index is 1.34. The molecule has 6 nitrogen and oxygen atoms in total. The number of β-amino-alcohol motifs (C(OH)–C–C–N with tert-alkyl or cyclic N) is 1. The second-order valence-corrected chi connectivity index (χ2v) is 8.20. The average Bonchev–Trinajstić information content (AvgIpc) is 2.95. The molecule has 4 rings (SSSR count). The van der Waals surface area contributed by atoms with Gasteiger partial charge in [0.1, 0.15) is 24.0 Å². The summed E-state index contributed by atoms with van der Waals surface area (Å²) in [5, 5.41) is 10.4. The van der Waals surface area contributed by atoms with Crippen LogP contribution in [0, 0.1) is 0 Å². The van der Waals surface area contributed by atoms with Crippen molar-refractivity contribution in [2.24, 2.45) is 0 Å². The van der Waals surface area contributed by atoms with E-state index in [1.165, 1.54) is 4.90 Å². The second kappa shape index (κ2) is 8.48. The number of benzene rings is 2. The Labute approximate surface area is 177 Å². The van der Waals surface area contributed by atoms with Crippen molar-refractivity contribution in [3.05, 3.63) is 54.6 Å². The van der Waals surface area contributed by atoms with Gasteiger partial charge in [-0.25, -0.2) is 4.79 Å². The number of carbonyl (C=O) groups excluding carboxylic acids is 2. The molecule has 0 unspecified atom stereocenters. The van der Waals surface area contributed by atoms with Crippen molar-refractivity contribution in [2.45, 2.75) is 43.7 Å². The first kappa shape index (κ1) is 20.4. The SMILES string of the molecule is CN1C(=O)N(C[C@@H](O)COc2ccc(-c3ccccc3)cc2)C(=O)C12CCCCC2. The first-order valence-electron chi connectivity index (χ1n) is 10.6. The molecule has 6 heteroatoms. The van der Waals surface area contributed by atoms with Crippen LogP contribution in [0.1, 0.15) is 32.1 Å². The van der Waals surface area contributed by atoms with Gasteiger partial charge in [-0.3, -0.25) is 9.69 Å². The normalized spacial score (nSPS) is 19.4. The Morgan fingerprint density at radius 1 is 0.967 bits per heavy atom. The lowest BCUT2D eigenvalue weighted by molar-refractivity contribution is -0.135. The molecule has 1 aliphatic carbocycles. The summed E-state index contributed by atoms with van der Waals surface area (Å²) in [6.07, 6.45) is 3.44. The van der Waals surface area contributed by atoms with Crippen molar-refractivity contribution in [3.63, 3.8) is 0 Å². The number of likely N-dealkylation sites (N-methyl/N-ethyl adjacent to an activating group) is 1.